The average Bonchev–Trinajstić information content (AvgIpc) is 2.98. The van der Waals surface area contributed by atoms with Crippen LogP contribution in [0.1, 0.15) is 32.3 Å². The topological polar surface area (TPSA) is 75.7 Å². The molecule has 28 heavy (non-hydrogen) atoms. The van der Waals surface area contributed by atoms with Crippen LogP contribution in [0.2, 0.25) is 0 Å². The quantitative estimate of drug-likeness (QED) is 0.589. The van der Waals surface area contributed by atoms with Crippen molar-refractivity contribution in [2.45, 2.75) is 38.8 Å². The van der Waals surface area contributed by atoms with E-state index in [9.17, 15) is 14.4 Å². The van der Waals surface area contributed by atoms with Gasteiger partial charge in [-0.25, -0.2) is 4.79 Å². The number of urea groups is 1. The summed E-state index contributed by atoms with van der Waals surface area (Å²) in [6.45, 7) is 3.38. The average molecular weight is 380 g/mol. The van der Waals surface area contributed by atoms with Gasteiger partial charge in [-0.2, -0.15) is 0 Å². The molecule has 6 heteroatoms. The van der Waals surface area contributed by atoms with Crippen molar-refractivity contribution in [3.63, 3.8) is 0 Å². The molecule has 0 saturated carbocycles. The van der Waals surface area contributed by atoms with E-state index >= 15 is 0 Å². The largest absolute Gasteiger partial charge is 0.459 e. The molecule has 1 fully saturated rings. The lowest BCUT2D eigenvalue weighted by Crippen LogP contribution is -2.46. The Morgan fingerprint density at radius 2 is 1.57 bits per heavy atom. The maximum absolute atomic E-state index is 12.5. The summed E-state index contributed by atoms with van der Waals surface area (Å²) >= 11 is 0. The number of nitrogens with one attached hydrogen (secondary N) is 1. The van der Waals surface area contributed by atoms with Gasteiger partial charge in [0.05, 0.1) is 0 Å². The molecule has 2 aromatic rings. The van der Waals surface area contributed by atoms with E-state index in [2.05, 4.69) is 5.32 Å². The molecular formula is C22H24N2O4. The van der Waals surface area contributed by atoms with Crippen LogP contribution in [0.4, 0.5) is 4.79 Å². The first-order valence-electron chi connectivity index (χ1n) is 9.43. The first-order chi connectivity index (χ1) is 13.5. The van der Waals surface area contributed by atoms with Crippen molar-refractivity contribution in [3.05, 3.63) is 60.2 Å². The monoisotopic (exact) mass is 380 g/mol. The van der Waals surface area contributed by atoms with Gasteiger partial charge < -0.3 is 10.1 Å². The van der Waals surface area contributed by atoms with Gasteiger partial charge in [0.1, 0.15) is 18.7 Å². The van der Waals surface area contributed by atoms with Crippen molar-refractivity contribution >= 4 is 17.9 Å². The second kappa shape index (κ2) is 8.25. The van der Waals surface area contributed by atoms with Gasteiger partial charge in [0.25, 0.3) is 5.91 Å². The Bertz CT molecular complexity index is 858. The van der Waals surface area contributed by atoms with Crippen LogP contribution in [-0.4, -0.2) is 34.9 Å². The molecule has 3 amide bonds. The van der Waals surface area contributed by atoms with Crippen LogP contribution in [0.3, 0.4) is 0 Å². The summed E-state index contributed by atoms with van der Waals surface area (Å²) in [5.74, 6) is -0.981. The number of carbonyl (C=O) groups excluding carboxylic acids is 3. The smallest absolute Gasteiger partial charge is 0.326 e. The molecular weight excluding hydrogens is 356 g/mol. The highest BCUT2D eigenvalue weighted by molar-refractivity contribution is 6.08. The van der Waals surface area contributed by atoms with E-state index in [0.29, 0.717) is 12.8 Å². The molecule has 0 aromatic heterocycles. The Balaban J connectivity index is 1.56. The number of imide groups is 1. The van der Waals surface area contributed by atoms with Crippen molar-refractivity contribution in [2.75, 3.05) is 6.54 Å². The number of ether oxygens (including phenoxy) is 1. The van der Waals surface area contributed by atoms with Gasteiger partial charge >= 0.3 is 12.0 Å². The van der Waals surface area contributed by atoms with Gasteiger partial charge in [-0.05, 0) is 29.5 Å². The molecule has 146 valence electrons. The standard InChI is InChI=1S/C22H24N2O4/c1-3-22(4-2)20(26)24(21(27)23-22)14-19(25)28-15-16-10-12-18(13-11-16)17-8-6-5-7-9-17/h5-13H,3-4,14-15H2,1-2H3,(H,23,27). The Kier molecular flexibility index (Phi) is 5.78. The lowest BCUT2D eigenvalue weighted by molar-refractivity contribution is -0.148. The van der Waals surface area contributed by atoms with Gasteiger partial charge in [-0.3, -0.25) is 14.5 Å². The zero-order valence-electron chi connectivity index (χ0n) is 16.1. The van der Waals surface area contributed by atoms with Gasteiger partial charge in [-0.1, -0.05) is 68.4 Å². The third-order valence-corrected chi connectivity index (χ3v) is 5.20. The Hall–Kier alpha value is -3.15. The molecule has 0 aliphatic carbocycles. The molecule has 6 nitrogen and oxygen atoms in total. The number of hydrogen-bond donors (Lipinski definition) is 1. The number of esters is 1. The van der Waals surface area contributed by atoms with Crippen LogP contribution in [0, 0.1) is 0 Å². The van der Waals surface area contributed by atoms with Crippen LogP contribution < -0.4 is 5.32 Å². The first kappa shape index (κ1) is 19.6. The van der Waals surface area contributed by atoms with Crippen LogP contribution in [0.5, 0.6) is 0 Å². The third kappa shape index (κ3) is 3.91. The number of nitrogens with zero attached hydrogens (tertiary/aromatic N) is 1. The second-order valence-corrected chi connectivity index (χ2v) is 6.83. The Morgan fingerprint density at radius 3 is 2.14 bits per heavy atom. The molecule has 3 rings (SSSR count). The van der Waals surface area contributed by atoms with Crippen LogP contribution in [-0.2, 0) is 20.9 Å². The fraction of sp³-hybridized carbons (Fsp3) is 0.318. The number of rotatable bonds is 7. The normalized spacial score (nSPS) is 15.4. The highest BCUT2D eigenvalue weighted by Gasteiger charge is 2.49. The molecule has 1 aliphatic heterocycles. The van der Waals surface area contributed by atoms with E-state index in [-0.39, 0.29) is 19.1 Å². The molecule has 2 aromatic carbocycles. The lowest BCUT2D eigenvalue weighted by Gasteiger charge is -2.22. The molecule has 1 saturated heterocycles. The minimum Gasteiger partial charge on any atom is -0.459 e. The summed E-state index contributed by atoms with van der Waals surface area (Å²) < 4.78 is 5.25. The van der Waals surface area contributed by atoms with Gasteiger partial charge in [0.2, 0.25) is 0 Å². The summed E-state index contributed by atoms with van der Waals surface area (Å²) in [5.41, 5.74) is 2.11. The molecule has 1 N–H and O–H groups in total. The Labute approximate surface area is 164 Å². The van der Waals surface area contributed by atoms with E-state index in [1.54, 1.807) is 0 Å². The summed E-state index contributed by atoms with van der Waals surface area (Å²) in [5, 5.41) is 2.70. The van der Waals surface area contributed by atoms with E-state index in [4.69, 9.17) is 4.74 Å². The van der Waals surface area contributed by atoms with Crippen molar-refractivity contribution in [1.82, 2.24) is 10.2 Å². The number of hydrogen-bond acceptors (Lipinski definition) is 4. The first-order valence-corrected chi connectivity index (χ1v) is 9.43. The second-order valence-electron chi connectivity index (χ2n) is 6.83. The summed E-state index contributed by atoms with van der Waals surface area (Å²) in [4.78, 5) is 37.7. The minimum absolute atomic E-state index is 0.0876. The molecule has 0 atom stereocenters. The van der Waals surface area contributed by atoms with Gasteiger partial charge in [0, 0.05) is 0 Å². The van der Waals surface area contributed by atoms with Crippen molar-refractivity contribution < 1.29 is 19.1 Å². The fourth-order valence-corrected chi connectivity index (χ4v) is 3.31. The summed E-state index contributed by atoms with van der Waals surface area (Å²) in [6.07, 6.45) is 0.959. The highest BCUT2D eigenvalue weighted by Crippen LogP contribution is 2.25. The van der Waals surface area contributed by atoms with E-state index in [0.717, 1.165) is 21.6 Å². The van der Waals surface area contributed by atoms with Crippen LogP contribution in [0.25, 0.3) is 11.1 Å². The van der Waals surface area contributed by atoms with Crippen molar-refractivity contribution in [1.29, 1.82) is 0 Å². The fourth-order valence-electron chi connectivity index (χ4n) is 3.31. The van der Waals surface area contributed by atoms with E-state index in [1.165, 1.54) is 0 Å². The maximum Gasteiger partial charge on any atom is 0.326 e. The third-order valence-electron chi connectivity index (χ3n) is 5.20. The van der Waals surface area contributed by atoms with E-state index < -0.39 is 17.5 Å². The molecule has 0 unspecified atom stereocenters. The number of carbonyl (C=O) groups is 3. The number of amides is 3. The molecule has 0 radical (unpaired) electrons. The van der Waals surface area contributed by atoms with Gasteiger partial charge in [-0.15, -0.1) is 0 Å². The highest BCUT2D eigenvalue weighted by atomic mass is 16.5. The SMILES string of the molecule is CCC1(CC)NC(=O)N(CC(=O)OCc2ccc(-c3ccccc3)cc2)C1=O. The zero-order chi connectivity index (χ0) is 20.1. The predicted molar refractivity (Wildman–Crippen MR) is 105 cm³/mol. The molecule has 0 bridgehead atoms. The van der Waals surface area contributed by atoms with Crippen molar-refractivity contribution in [2.24, 2.45) is 0 Å². The van der Waals surface area contributed by atoms with E-state index in [1.807, 2.05) is 68.4 Å². The predicted octanol–water partition coefficient (Wildman–Crippen LogP) is 3.51. The Morgan fingerprint density at radius 1 is 0.964 bits per heavy atom. The molecule has 1 aliphatic rings. The molecule has 1 heterocycles. The zero-order valence-corrected chi connectivity index (χ0v) is 16.1. The van der Waals surface area contributed by atoms with Crippen LogP contribution in [0.15, 0.2) is 54.6 Å². The summed E-state index contributed by atoms with van der Waals surface area (Å²) in [6, 6.07) is 17.1. The number of benzene rings is 2. The maximum atomic E-state index is 12.5. The van der Waals surface area contributed by atoms with Gasteiger partial charge in [0.15, 0.2) is 0 Å². The summed E-state index contributed by atoms with van der Waals surface area (Å²) in [7, 11) is 0. The minimum atomic E-state index is -0.912. The van der Waals surface area contributed by atoms with Crippen LogP contribution >= 0.6 is 0 Å². The lowest BCUT2D eigenvalue weighted by atomic mass is 9.93. The molecule has 0 spiro atoms. The van der Waals surface area contributed by atoms with Crippen molar-refractivity contribution in [3.8, 4) is 11.1 Å².